The molecule has 1 aromatic rings. The van der Waals surface area contributed by atoms with Gasteiger partial charge in [-0.25, -0.2) is 0 Å². The summed E-state index contributed by atoms with van der Waals surface area (Å²) in [5.41, 5.74) is 1.16. The van der Waals surface area contributed by atoms with Gasteiger partial charge in [0.05, 0.1) is 19.6 Å². The zero-order valence-corrected chi connectivity index (χ0v) is 20.2. The molecular formula is C21H33F3IN3O2. The molecule has 1 aliphatic carbocycles. The van der Waals surface area contributed by atoms with E-state index in [1.54, 1.807) is 14.2 Å². The Kier molecular flexibility index (Phi) is 11.6. The van der Waals surface area contributed by atoms with Crippen LogP contribution in [0, 0.1) is 5.92 Å². The molecule has 1 aromatic carbocycles. The van der Waals surface area contributed by atoms with Crippen molar-refractivity contribution >= 4 is 29.9 Å². The van der Waals surface area contributed by atoms with E-state index in [1.807, 2.05) is 25.1 Å². The van der Waals surface area contributed by atoms with Crippen molar-refractivity contribution in [2.45, 2.75) is 57.7 Å². The molecule has 5 nitrogen and oxygen atoms in total. The Morgan fingerprint density at radius 2 is 1.87 bits per heavy atom. The number of methoxy groups -OCH3 is 1. The Hall–Kier alpha value is -1.39. The monoisotopic (exact) mass is 543 g/mol. The SMILES string of the molecule is CCOc1cc(CCCNC(=NC)NC2CCC(C(F)(F)F)CC2)ccc1OC.I. The van der Waals surface area contributed by atoms with E-state index in [1.165, 1.54) is 0 Å². The summed E-state index contributed by atoms with van der Waals surface area (Å²) in [6, 6.07) is 5.96. The van der Waals surface area contributed by atoms with E-state index in [0.29, 0.717) is 32.0 Å². The summed E-state index contributed by atoms with van der Waals surface area (Å²) in [6.45, 7) is 3.23. The van der Waals surface area contributed by atoms with Gasteiger partial charge in [0.15, 0.2) is 17.5 Å². The van der Waals surface area contributed by atoms with Gasteiger partial charge in [-0.15, -0.1) is 24.0 Å². The summed E-state index contributed by atoms with van der Waals surface area (Å²) in [4.78, 5) is 4.19. The number of nitrogens with zero attached hydrogens (tertiary/aromatic N) is 1. The number of nitrogens with one attached hydrogen (secondary N) is 2. The van der Waals surface area contributed by atoms with Crippen molar-refractivity contribution in [1.82, 2.24) is 10.6 Å². The number of hydrogen-bond donors (Lipinski definition) is 2. The lowest BCUT2D eigenvalue weighted by molar-refractivity contribution is -0.182. The van der Waals surface area contributed by atoms with Crippen LogP contribution in [-0.2, 0) is 6.42 Å². The molecule has 9 heteroatoms. The lowest BCUT2D eigenvalue weighted by Gasteiger charge is -2.31. The van der Waals surface area contributed by atoms with Gasteiger partial charge in [-0.1, -0.05) is 6.07 Å². The number of hydrogen-bond acceptors (Lipinski definition) is 3. The molecule has 172 valence electrons. The van der Waals surface area contributed by atoms with Gasteiger partial charge in [-0.2, -0.15) is 13.2 Å². The highest BCUT2D eigenvalue weighted by atomic mass is 127. The summed E-state index contributed by atoms with van der Waals surface area (Å²) >= 11 is 0. The minimum Gasteiger partial charge on any atom is -0.493 e. The molecule has 0 aromatic heterocycles. The van der Waals surface area contributed by atoms with E-state index in [2.05, 4.69) is 15.6 Å². The lowest BCUT2D eigenvalue weighted by atomic mass is 9.85. The molecule has 0 atom stereocenters. The number of alkyl halides is 3. The van der Waals surface area contributed by atoms with Crippen molar-refractivity contribution in [2.24, 2.45) is 10.9 Å². The van der Waals surface area contributed by atoms with Crippen molar-refractivity contribution in [3.8, 4) is 11.5 Å². The van der Waals surface area contributed by atoms with Crippen LogP contribution >= 0.6 is 24.0 Å². The van der Waals surface area contributed by atoms with E-state index in [-0.39, 0.29) is 42.9 Å². The molecule has 0 bridgehead atoms. The summed E-state index contributed by atoms with van der Waals surface area (Å²) in [7, 11) is 3.30. The summed E-state index contributed by atoms with van der Waals surface area (Å²) in [6.07, 6.45) is -0.942. The largest absolute Gasteiger partial charge is 0.493 e. The average Bonchev–Trinajstić information content (AvgIpc) is 2.70. The smallest absolute Gasteiger partial charge is 0.391 e. The number of benzene rings is 1. The van der Waals surface area contributed by atoms with Crippen LogP contribution in [0.3, 0.4) is 0 Å². The van der Waals surface area contributed by atoms with Crippen molar-refractivity contribution in [3.63, 3.8) is 0 Å². The first-order valence-electron chi connectivity index (χ1n) is 10.2. The molecule has 0 spiro atoms. The van der Waals surface area contributed by atoms with E-state index in [9.17, 15) is 13.2 Å². The highest BCUT2D eigenvalue weighted by molar-refractivity contribution is 14.0. The predicted molar refractivity (Wildman–Crippen MR) is 124 cm³/mol. The molecule has 1 fully saturated rings. The summed E-state index contributed by atoms with van der Waals surface area (Å²) < 4.78 is 49.2. The molecule has 0 amide bonds. The van der Waals surface area contributed by atoms with Crippen molar-refractivity contribution < 1.29 is 22.6 Å². The average molecular weight is 543 g/mol. The first-order valence-corrected chi connectivity index (χ1v) is 10.2. The van der Waals surface area contributed by atoms with Gasteiger partial charge in [-0.05, 0) is 63.1 Å². The second kappa shape index (κ2) is 13.1. The van der Waals surface area contributed by atoms with Gasteiger partial charge in [0, 0.05) is 19.6 Å². The van der Waals surface area contributed by atoms with Crippen LogP contribution in [0.1, 0.15) is 44.6 Å². The normalized spacial score (nSPS) is 19.6. The van der Waals surface area contributed by atoms with Gasteiger partial charge >= 0.3 is 6.18 Å². The topological polar surface area (TPSA) is 54.9 Å². The Labute approximate surface area is 194 Å². The summed E-state index contributed by atoms with van der Waals surface area (Å²) in [5.74, 6) is 0.942. The van der Waals surface area contributed by atoms with Crippen LogP contribution in [-0.4, -0.2) is 45.5 Å². The van der Waals surface area contributed by atoms with Crippen LogP contribution in [0.4, 0.5) is 13.2 Å². The van der Waals surface area contributed by atoms with Gasteiger partial charge in [0.25, 0.3) is 0 Å². The molecule has 1 aliphatic rings. The number of aryl methyl sites for hydroxylation is 1. The number of ether oxygens (including phenoxy) is 2. The summed E-state index contributed by atoms with van der Waals surface area (Å²) in [5, 5.41) is 6.50. The highest BCUT2D eigenvalue weighted by Crippen LogP contribution is 2.37. The fourth-order valence-corrected chi connectivity index (χ4v) is 3.60. The molecule has 0 heterocycles. The van der Waals surface area contributed by atoms with E-state index < -0.39 is 12.1 Å². The first kappa shape index (κ1) is 26.6. The van der Waals surface area contributed by atoms with Crippen LogP contribution in [0.2, 0.25) is 0 Å². The minimum atomic E-state index is -4.08. The van der Waals surface area contributed by atoms with Crippen LogP contribution in [0.25, 0.3) is 0 Å². The molecular weight excluding hydrogens is 510 g/mol. The Balaban J connectivity index is 0.00000450. The third kappa shape index (κ3) is 8.39. The highest BCUT2D eigenvalue weighted by Gasteiger charge is 2.41. The molecule has 2 N–H and O–H groups in total. The number of halogens is 4. The second-order valence-electron chi connectivity index (χ2n) is 7.26. The molecule has 2 rings (SSSR count). The quantitative estimate of drug-likeness (QED) is 0.211. The maximum Gasteiger partial charge on any atom is 0.391 e. The van der Waals surface area contributed by atoms with Crippen molar-refractivity contribution in [3.05, 3.63) is 23.8 Å². The van der Waals surface area contributed by atoms with Gasteiger partial charge in [0.1, 0.15) is 0 Å². The number of rotatable bonds is 8. The third-order valence-corrected chi connectivity index (χ3v) is 5.22. The zero-order chi connectivity index (χ0) is 21.3. The van der Waals surface area contributed by atoms with Crippen LogP contribution in [0.5, 0.6) is 11.5 Å². The van der Waals surface area contributed by atoms with Crippen LogP contribution in [0.15, 0.2) is 23.2 Å². The second-order valence-corrected chi connectivity index (χ2v) is 7.26. The van der Waals surface area contributed by atoms with Crippen molar-refractivity contribution in [1.29, 1.82) is 0 Å². The lowest BCUT2D eigenvalue weighted by Crippen LogP contribution is -2.46. The van der Waals surface area contributed by atoms with Gasteiger partial charge in [0.2, 0.25) is 0 Å². The Morgan fingerprint density at radius 1 is 1.17 bits per heavy atom. The predicted octanol–water partition coefficient (Wildman–Crippen LogP) is 4.93. The minimum absolute atomic E-state index is 0. The van der Waals surface area contributed by atoms with Gasteiger partial charge in [-0.3, -0.25) is 4.99 Å². The maximum absolute atomic E-state index is 12.8. The fraction of sp³-hybridized carbons (Fsp3) is 0.667. The third-order valence-electron chi connectivity index (χ3n) is 5.22. The Bertz CT molecular complexity index is 663. The molecule has 30 heavy (non-hydrogen) atoms. The number of aliphatic imine (C=N–C) groups is 1. The molecule has 0 aliphatic heterocycles. The van der Waals surface area contributed by atoms with E-state index in [4.69, 9.17) is 9.47 Å². The molecule has 1 saturated carbocycles. The molecule has 0 unspecified atom stereocenters. The van der Waals surface area contributed by atoms with Crippen LogP contribution < -0.4 is 20.1 Å². The standard InChI is InChI=1S/C21H32F3N3O2.HI/c1-4-29-19-14-15(7-12-18(19)28-3)6-5-13-26-20(25-2)27-17-10-8-16(9-11-17)21(22,23)24;/h7,12,14,16-17H,4-6,8-11,13H2,1-3H3,(H2,25,26,27);1H. The Morgan fingerprint density at radius 3 is 2.43 bits per heavy atom. The van der Waals surface area contributed by atoms with Crippen molar-refractivity contribution in [2.75, 3.05) is 27.3 Å². The molecule has 0 saturated heterocycles. The van der Waals surface area contributed by atoms with E-state index >= 15 is 0 Å². The molecule has 0 radical (unpaired) electrons. The van der Waals surface area contributed by atoms with E-state index in [0.717, 1.165) is 29.9 Å². The zero-order valence-electron chi connectivity index (χ0n) is 17.8. The number of guanidine groups is 1. The van der Waals surface area contributed by atoms with Gasteiger partial charge < -0.3 is 20.1 Å². The maximum atomic E-state index is 12.8. The fourth-order valence-electron chi connectivity index (χ4n) is 3.60. The first-order chi connectivity index (χ1) is 13.9.